The molecule has 1 saturated heterocycles. The molecule has 1 aliphatic heterocycles. The number of likely N-dealkylation sites (tertiary alicyclic amines) is 1. The number of methoxy groups -OCH3 is 1. The molecule has 1 aromatic carbocycles. The summed E-state index contributed by atoms with van der Waals surface area (Å²) in [5, 5.41) is 4.47. The van der Waals surface area contributed by atoms with Crippen molar-refractivity contribution in [2.24, 2.45) is 5.92 Å². The SMILES string of the molecule is COc1cccc(-n2cc(CN(C)CC3CCC(=O)N(C)C3)cn2)c1. The molecule has 6 heteroatoms. The second-order valence-corrected chi connectivity index (χ2v) is 6.87. The zero-order valence-electron chi connectivity index (χ0n) is 15.2. The van der Waals surface area contributed by atoms with E-state index in [1.165, 1.54) is 5.56 Å². The number of piperidine rings is 1. The highest BCUT2D eigenvalue weighted by molar-refractivity contribution is 5.76. The number of rotatable bonds is 6. The van der Waals surface area contributed by atoms with Crippen LogP contribution in [-0.2, 0) is 11.3 Å². The summed E-state index contributed by atoms with van der Waals surface area (Å²) in [6, 6.07) is 7.86. The first-order chi connectivity index (χ1) is 12.0. The molecule has 1 fully saturated rings. The standard InChI is InChI=1S/C19H26N4O2/c1-21(11-15-7-8-19(24)22(2)13-15)12-16-10-20-23(14-16)17-5-4-6-18(9-17)25-3/h4-6,9-10,14-15H,7-8,11-13H2,1-3H3. The van der Waals surface area contributed by atoms with E-state index in [4.69, 9.17) is 4.74 Å². The van der Waals surface area contributed by atoms with Crippen LogP contribution in [0.4, 0.5) is 0 Å². The molecule has 6 nitrogen and oxygen atoms in total. The van der Waals surface area contributed by atoms with Crippen LogP contribution in [0.3, 0.4) is 0 Å². The number of carbonyl (C=O) groups excluding carboxylic acids is 1. The second-order valence-electron chi connectivity index (χ2n) is 6.87. The Bertz CT molecular complexity index is 728. The Balaban J connectivity index is 1.58. The molecule has 1 atom stereocenters. The Kier molecular flexibility index (Phi) is 5.38. The van der Waals surface area contributed by atoms with Gasteiger partial charge in [-0.3, -0.25) is 4.79 Å². The van der Waals surface area contributed by atoms with Gasteiger partial charge in [-0.05, 0) is 31.5 Å². The van der Waals surface area contributed by atoms with Gasteiger partial charge in [-0.2, -0.15) is 5.10 Å². The fourth-order valence-corrected chi connectivity index (χ4v) is 3.40. The second kappa shape index (κ2) is 7.70. The molecular weight excluding hydrogens is 316 g/mol. The van der Waals surface area contributed by atoms with Crippen molar-refractivity contribution in [2.75, 3.05) is 34.3 Å². The molecule has 134 valence electrons. The van der Waals surface area contributed by atoms with E-state index in [9.17, 15) is 4.79 Å². The molecule has 0 saturated carbocycles. The van der Waals surface area contributed by atoms with Gasteiger partial charge in [-0.1, -0.05) is 6.07 Å². The third kappa shape index (κ3) is 4.39. The molecule has 2 heterocycles. The van der Waals surface area contributed by atoms with Crippen LogP contribution >= 0.6 is 0 Å². The molecule has 1 aromatic heterocycles. The van der Waals surface area contributed by atoms with Crippen molar-refractivity contribution in [3.8, 4) is 11.4 Å². The van der Waals surface area contributed by atoms with E-state index in [2.05, 4.69) is 23.2 Å². The van der Waals surface area contributed by atoms with Gasteiger partial charge in [0.1, 0.15) is 5.75 Å². The highest BCUT2D eigenvalue weighted by Crippen LogP contribution is 2.19. The first kappa shape index (κ1) is 17.5. The van der Waals surface area contributed by atoms with Gasteiger partial charge >= 0.3 is 0 Å². The Hall–Kier alpha value is -2.34. The van der Waals surface area contributed by atoms with Crippen LogP contribution < -0.4 is 4.74 Å². The number of carbonyl (C=O) groups is 1. The monoisotopic (exact) mass is 342 g/mol. The average Bonchev–Trinajstić information content (AvgIpc) is 3.06. The fraction of sp³-hybridized carbons (Fsp3) is 0.474. The highest BCUT2D eigenvalue weighted by Gasteiger charge is 2.23. The molecule has 2 aromatic rings. The summed E-state index contributed by atoms with van der Waals surface area (Å²) >= 11 is 0. The summed E-state index contributed by atoms with van der Waals surface area (Å²) < 4.78 is 7.14. The van der Waals surface area contributed by atoms with Gasteiger partial charge in [0.15, 0.2) is 0 Å². The molecule has 1 aliphatic rings. The summed E-state index contributed by atoms with van der Waals surface area (Å²) in [5.74, 6) is 1.63. The molecule has 1 unspecified atom stereocenters. The third-order valence-corrected chi connectivity index (χ3v) is 4.70. The van der Waals surface area contributed by atoms with Gasteiger partial charge in [-0.25, -0.2) is 4.68 Å². The summed E-state index contributed by atoms with van der Waals surface area (Å²) in [6.07, 6.45) is 5.62. The molecule has 25 heavy (non-hydrogen) atoms. The number of ether oxygens (including phenoxy) is 1. The maximum Gasteiger partial charge on any atom is 0.222 e. The molecular formula is C19H26N4O2. The van der Waals surface area contributed by atoms with Gasteiger partial charge < -0.3 is 14.5 Å². The lowest BCUT2D eigenvalue weighted by Crippen LogP contribution is -2.41. The van der Waals surface area contributed by atoms with Crippen molar-refractivity contribution in [3.05, 3.63) is 42.2 Å². The number of amides is 1. The third-order valence-electron chi connectivity index (χ3n) is 4.70. The molecule has 0 aliphatic carbocycles. The minimum Gasteiger partial charge on any atom is -0.497 e. The highest BCUT2D eigenvalue weighted by atomic mass is 16.5. The van der Waals surface area contributed by atoms with Gasteiger partial charge in [0.25, 0.3) is 0 Å². The van der Waals surface area contributed by atoms with Crippen LogP contribution in [0.5, 0.6) is 5.75 Å². The summed E-state index contributed by atoms with van der Waals surface area (Å²) in [4.78, 5) is 15.7. The van der Waals surface area contributed by atoms with E-state index in [0.717, 1.165) is 37.5 Å². The van der Waals surface area contributed by atoms with Crippen molar-refractivity contribution >= 4 is 5.91 Å². The smallest absolute Gasteiger partial charge is 0.222 e. The zero-order valence-corrected chi connectivity index (χ0v) is 15.2. The Morgan fingerprint density at radius 2 is 2.24 bits per heavy atom. The topological polar surface area (TPSA) is 50.6 Å². The molecule has 3 rings (SSSR count). The quantitative estimate of drug-likeness (QED) is 0.807. The van der Waals surface area contributed by atoms with E-state index < -0.39 is 0 Å². The number of nitrogens with zero attached hydrogens (tertiary/aromatic N) is 4. The van der Waals surface area contributed by atoms with Crippen LogP contribution in [0.2, 0.25) is 0 Å². The molecule has 0 bridgehead atoms. The summed E-state index contributed by atoms with van der Waals surface area (Å²) in [6.45, 7) is 2.69. The van der Waals surface area contributed by atoms with Gasteiger partial charge in [-0.15, -0.1) is 0 Å². The van der Waals surface area contributed by atoms with Crippen LogP contribution in [0.1, 0.15) is 18.4 Å². The van der Waals surface area contributed by atoms with Crippen LogP contribution in [0, 0.1) is 5.92 Å². The lowest BCUT2D eigenvalue weighted by atomic mass is 9.97. The van der Waals surface area contributed by atoms with Crippen molar-refractivity contribution in [1.82, 2.24) is 19.6 Å². The van der Waals surface area contributed by atoms with Crippen LogP contribution in [0.25, 0.3) is 5.69 Å². The number of hydrogen-bond donors (Lipinski definition) is 0. The van der Waals surface area contributed by atoms with Crippen LogP contribution in [0.15, 0.2) is 36.7 Å². The molecule has 0 radical (unpaired) electrons. The first-order valence-electron chi connectivity index (χ1n) is 8.65. The lowest BCUT2D eigenvalue weighted by molar-refractivity contribution is -0.133. The Morgan fingerprint density at radius 3 is 3.00 bits per heavy atom. The minimum atomic E-state index is 0.262. The summed E-state index contributed by atoms with van der Waals surface area (Å²) in [5.41, 5.74) is 2.16. The molecule has 0 N–H and O–H groups in total. The van der Waals surface area contributed by atoms with Crippen molar-refractivity contribution < 1.29 is 9.53 Å². The minimum absolute atomic E-state index is 0.262. The van der Waals surface area contributed by atoms with Crippen molar-refractivity contribution in [1.29, 1.82) is 0 Å². The van der Waals surface area contributed by atoms with E-state index in [1.54, 1.807) is 7.11 Å². The zero-order chi connectivity index (χ0) is 17.8. The Labute approximate surface area is 149 Å². The average molecular weight is 342 g/mol. The van der Waals surface area contributed by atoms with Gasteiger partial charge in [0, 0.05) is 50.9 Å². The number of hydrogen-bond acceptors (Lipinski definition) is 4. The molecule has 0 spiro atoms. The lowest BCUT2D eigenvalue weighted by Gasteiger charge is -2.32. The van der Waals surface area contributed by atoms with Crippen molar-refractivity contribution in [3.63, 3.8) is 0 Å². The van der Waals surface area contributed by atoms with E-state index in [0.29, 0.717) is 12.3 Å². The first-order valence-corrected chi connectivity index (χ1v) is 8.65. The maximum atomic E-state index is 11.6. The number of aromatic nitrogens is 2. The normalized spacial score (nSPS) is 18.0. The fourth-order valence-electron chi connectivity index (χ4n) is 3.40. The Morgan fingerprint density at radius 1 is 1.40 bits per heavy atom. The van der Waals surface area contributed by atoms with E-state index >= 15 is 0 Å². The van der Waals surface area contributed by atoms with Gasteiger partial charge in [0.05, 0.1) is 19.0 Å². The van der Waals surface area contributed by atoms with E-state index in [-0.39, 0.29) is 5.91 Å². The predicted molar refractivity (Wildman–Crippen MR) is 96.8 cm³/mol. The summed E-state index contributed by atoms with van der Waals surface area (Å²) in [7, 11) is 5.69. The predicted octanol–water partition coefficient (Wildman–Crippen LogP) is 2.18. The van der Waals surface area contributed by atoms with Crippen molar-refractivity contribution in [2.45, 2.75) is 19.4 Å². The number of benzene rings is 1. The molecule has 1 amide bonds. The van der Waals surface area contributed by atoms with Crippen LogP contribution in [-0.4, -0.2) is 59.8 Å². The maximum absolute atomic E-state index is 11.6. The van der Waals surface area contributed by atoms with Gasteiger partial charge in [0.2, 0.25) is 5.91 Å². The largest absolute Gasteiger partial charge is 0.497 e. The van der Waals surface area contributed by atoms with E-state index in [1.807, 2.05) is 47.1 Å².